The molecule has 2 heterocycles. The molecule has 22 heavy (non-hydrogen) atoms. The SMILES string of the molecule is CC(C)CNc1nn2cc(-c3cccc(C(N)=O)c3)nc2s1. The summed E-state index contributed by atoms with van der Waals surface area (Å²) in [5, 5.41) is 8.60. The number of hydrogen-bond acceptors (Lipinski definition) is 5. The fourth-order valence-electron chi connectivity index (χ4n) is 2.03. The Morgan fingerprint density at radius 2 is 2.27 bits per heavy atom. The molecule has 0 aliphatic carbocycles. The number of primary amides is 1. The Kier molecular flexibility index (Phi) is 3.81. The Labute approximate surface area is 132 Å². The van der Waals surface area contributed by atoms with E-state index in [1.54, 1.807) is 22.7 Å². The van der Waals surface area contributed by atoms with Gasteiger partial charge in [0.2, 0.25) is 16.0 Å². The quantitative estimate of drug-likeness (QED) is 0.758. The third kappa shape index (κ3) is 2.94. The van der Waals surface area contributed by atoms with E-state index in [2.05, 4.69) is 29.2 Å². The minimum Gasteiger partial charge on any atom is -0.366 e. The molecule has 3 aromatic rings. The standard InChI is InChI=1S/C15H17N5OS/c1-9(2)7-17-14-19-20-8-12(18-15(20)22-14)10-4-3-5-11(6-10)13(16)21/h3-6,8-9H,7H2,1-2H3,(H2,16,21)(H,17,19). The highest BCUT2D eigenvalue weighted by Crippen LogP contribution is 2.25. The zero-order valence-corrected chi connectivity index (χ0v) is 13.2. The number of carbonyl (C=O) groups excluding carboxylic acids is 1. The van der Waals surface area contributed by atoms with Gasteiger partial charge in [-0.1, -0.05) is 37.3 Å². The van der Waals surface area contributed by atoms with Gasteiger partial charge >= 0.3 is 0 Å². The fourth-order valence-corrected chi connectivity index (χ4v) is 2.82. The van der Waals surface area contributed by atoms with Crippen molar-refractivity contribution in [1.29, 1.82) is 0 Å². The molecule has 1 amide bonds. The highest BCUT2D eigenvalue weighted by atomic mass is 32.1. The number of fused-ring (bicyclic) bond motifs is 1. The summed E-state index contributed by atoms with van der Waals surface area (Å²) in [5.41, 5.74) is 7.41. The Hall–Kier alpha value is -2.41. The van der Waals surface area contributed by atoms with Gasteiger partial charge in [-0.2, -0.15) is 0 Å². The number of nitrogens with one attached hydrogen (secondary N) is 1. The second-order valence-corrected chi connectivity index (χ2v) is 6.44. The largest absolute Gasteiger partial charge is 0.366 e. The van der Waals surface area contributed by atoms with Crippen molar-refractivity contribution < 1.29 is 4.79 Å². The van der Waals surface area contributed by atoms with E-state index in [9.17, 15) is 4.79 Å². The number of anilines is 1. The number of nitrogens with zero attached hydrogens (tertiary/aromatic N) is 3. The lowest BCUT2D eigenvalue weighted by Crippen LogP contribution is -2.10. The van der Waals surface area contributed by atoms with Gasteiger partial charge in [0.25, 0.3) is 0 Å². The van der Waals surface area contributed by atoms with Crippen LogP contribution in [0, 0.1) is 5.92 Å². The van der Waals surface area contributed by atoms with E-state index in [4.69, 9.17) is 5.73 Å². The molecule has 0 bridgehead atoms. The first kappa shape index (κ1) is 14.5. The number of benzene rings is 1. The van der Waals surface area contributed by atoms with Gasteiger partial charge < -0.3 is 11.1 Å². The minimum atomic E-state index is -0.443. The van der Waals surface area contributed by atoms with Crippen molar-refractivity contribution in [3.8, 4) is 11.3 Å². The molecular formula is C15H17N5OS. The fraction of sp³-hybridized carbons (Fsp3) is 0.267. The molecule has 0 saturated carbocycles. The van der Waals surface area contributed by atoms with Gasteiger partial charge in [-0.25, -0.2) is 9.50 Å². The predicted octanol–water partition coefficient (Wildman–Crippen LogP) is 2.62. The topological polar surface area (TPSA) is 85.3 Å². The maximum Gasteiger partial charge on any atom is 0.248 e. The zero-order chi connectivity index (χ0) is 15.7. The lowest BCUT2D eigenvalue weighted by atomic mass is 10.1. The molecule has 0 radical (unpaired) electrons. The molecule has 1 aromatic carbocycles. The van der Waals surface area contributed by atoms with Crippen molar-refractivity contribution in [1.82, 2.24) is 14.6 Å². The van der Waals surface area contributed by atoms with Crippen LogP contribution in [0.4, 0.5) is 5.13 Å². The molecule has 6 nitrogen and oxygen atoms in total. The van der Waals surface area contributed by atoms with Crippen LogP contribution in [0.5, 0.6) is 0 Å². The van der Waals surface area contributed by atoms with Gasteiger partial charge in [-0.05, 0) is 18.1 Å². The van der Waals surface area contributed by atoms with Gasteiger partial charge in [0.15, 0.2) is 0 Å². The first-order chi connectivity index (χ1) is 10.5. The van der Waals surface area contributed by atoms with E-state index in [-0.39, 0.29) is 0 Å². The molecule has 7 heteroatoms. The Morgan fingerprint density at radius 3 is 2.95 bits per heavy atom. The van der Waals surface area contributed by atoms with Crippen LogP contribution in [0.1, 0.15) is 24.2 Å². The Balaban J connectivity index is 1.88. The minimum absolute atomic E-state index is 0.443. The highest BCUT2D eigenvalue weighted by Gasteiger charge is 2.11. The number of aromatic nitrogens is 3. The molecule has 114 valence electrons. The van der Waals surface area contributed by atoms with Gasteiger partial charge in [0.1, 0.15) is 0 Å². The van der Waals surface area contributed by atoms with Gasteiger partial charge in [-0.15, -0.1) is 5.10 Å². The molecule has 3 rings (SSSR count). The summed E-state index contributed by atoms with van der Waals surface area (Å²) in [5.74, 6) is 0.115. The van der Waals surface area contributed by atoms with Crippen LogP contribution < -0.4 is 11.1 Å². The summed E-state index contributed by atoms with van der Waals surface area (Å²) >= 11 is 1.50. The summed E-state index contributed by atoms with van der Waals surface area (Å²) in [6.45, 7) is 5.18. The smallest absolute Gasteiger partial charge is 0.248 e. The van der Waals surface area contributed by atoms with Crippen LogP contribution in [-0.2, 0) is 0 Å². The van der Waals surface area contributed by atoms with Crippen molar-refractivity contribution in [3.05, 3.63) is 36.0 Å². The maximum atomic E-state index is 11.3. The highest BCUT2D eigenvalue weighted by molar-refractivity contribution is 7.20. The third-order valence-corrected chi connectivity index (χ3v) is 4.03. The molecule has 0 aliphatic rings. The lowest BCUT2D eigenvalue weighted by molar-refractivity contribution is 0.100. The Bertz CT molecular complexity index is 789. The summed E-state index contributed by atoms with van der Waals surface area (Å²) in [6.07, 6.45) is 1.85. The Morgan fingerprint density at radius 1 is 1.45 bits per heavy atom. The van der Waals surface area contributed by atoms with Crippen molar-refractivity contribution in [2.45, 2.75) is 13.8 Å². The third-order valence-electron chi connectivity index (χ3n) is 3.15. The first-order valence-corrected chi connectivity index (χ1v) is 7.85. The van der Waals surface area contributed by atoms with Crippen molar-refractivity contribution in [2.24, 2.45) is 11.7 Å². The number of nitrogens with two attached hydrogens (primary N) is 1. The van der Waals surface area contributed by atoms with E-state index in [1.807, 2.05) is 12.3 Å². The summed E-state index contributed by atoms with van der Waals surface area (Å²) in [7, 11) is 0. The van der Waals surface area contributed by atoms with Crippen molar-refractivity contribution in [3.63, 3.8) is 0 Å². The number of rotatable bonds is 5. The summed E-state index contributed by atoms with van der Waals surface area (Å²) in [4.78, 5) is 16.6. The van der Waals surface area contributed by atoms with Crippen LogP contribution in [0.3, 0.4) is 0 Å². The average molecular weight is 315 g/mol. The molecule has 0 saturated heterocycles. The maximum absolute atomic E-state index is 11.3. The first-order valence-electron chi connectivity index (χ1n) is 7.03. The lowest BCUT2D eigenvalue weighted by Gasteiger charge is -2.03. The number of carbonyl (C=O) groups is 1. The van der Waals surface area contributed by atoms with Crippen molar-refractivity contribution in [2.75, 3.05) is 11.9 Å². The number of amides is 1. The normalized spacial score (nSPS) is 11.2. The predicted molar refractivity (Wildman–Crippen MR) is 88.1 cm³/mol. The van der Waals surface area contributed by atoms with Crippen LogP contribution in [0.2, 0.25) is 0 Å². The van der Waals surface area contributed by atoms with Gasteiger partial charge in [0.05, 0.1) is 11.9 Å². The van der Waals surface area contributed by atoms with Crippen LogP contribution in [0.25, 0.3) is 16.2 Å². The second kappa shape index (κ2) is 5.76. The molecule has 0 spiro atoms. The molecule has 0 aliphatic heterocycles. The second-order valence-electron chi connectivity index (χ2n) is 5.48. The van der Waals surface area contributed by atoms with Crippen molar-refractivity contribution >= 4 is 27.3 Å². The molecule has 0 fully saturated rings. The molecule has 0 atom stereocenters. The molecular weight excluding hydrogens is 298 g/mol. The number of imidazole rings is 1. The molecule has 2 aromatic heterocycles. The zero-order valence-electron chi connectivity index (χ0n) is 12.4. The van der Waals surface area contributed by atoms with E-state index < -0.39 is 5.91 Å². The van der Waals surface area contributed by atoms with Gasteiger partial charge in [-0.3, -0.25) is 4.79 Å². The number of hydrogen-bond donors (Lipinski definition) is 2. The van der Waals surface area contributed by atoms with E-state index >= 15 is 0 Å². The van der Waals surface area contributed by atoms with Gasteiger partial charge in [0, 0.05) is 17.7 Å². The van der Waals surface area contributed by atoms with E-state index in [0.29, 0.717) is 11.5 Å². The van der Waals surface area contributed by atoms with Crippen LogP contribution in [-0.4, -0.2) is 27.0 Å². The molecule has 0 unspecified atom stereocenters. The average Bonchev–Trinajstić information content (AvgIpc) is 3.03. The van der Waals surface area contributed by atoms with E-state index in [1.165, 1.54) is 11.3 Å². The monoisotopic (exact) mass is 315 g/mol. The van der Waals surface area contributed by atoms with E-state index in [0.717, 1.165) is 27.9 Å². The van der Waals surface area contributed by atoms with Crippen LogP contribution in [0.15, 0.2) is 30.5 Å². The molecule has 3 N–H and O–H groups in total. The summed E-state index contributed by atoms with van der Waals surface area (Å²) in [6, 6.07) is 7.13. The summed E-state index contributed by atoms with van der Waals surface area (Å²) < 4.78 is 1.75. The van der Waals surface area contributed by atoms with Crippen LogP contribution >= 0.6 is 11.3 Å².